The summed E-state index contributed by atoms with van der Waals surface area (Å²) >= 11 is 0. The Hall–Kier alpha value is -3.44. The van der Waals surface area contributed by atoms with Crippen molar-refractivity contribution in [3.8, 4) is 11.3 Å². The van der Waals surface area contributed by atoms with Crippen molar-refractivity contribution in [2.75, 3.05) is 18.4 Å². The fourth-order valence-electron chi connectivity index (χ4n) is 4.68. The molecule has 0 radical (unpaired) electrons. The fourth-order valence-corrected chi connectivity index (χ4v) is 4.68. The average molecular weight is 439 g/mol. The second-order valence-electron chi connectivity index (χ2n) is 8.97. The van der Waals surface area contributed by atoms with Crippen LogP contribution >= 0.6 is 0 Å². The monoisotopic (exact) mass is 438 g/mol. The van der Waals surface area contributed by atoms with Gasteiger partial charge in [0, 0.05) is 42.6 Å². The van der Waals surface area contributed by atoms with E-state index < -0.39 is 0 Å². The number of fused-ring (bicyclic) bond motifs is 1. The maximum Gasteiger partial charge on any atom is 0.256 e. The van der Waals surface area contributed by atoms with Gasteiger partial charge in [0.15, 0.2) is 0 Å². The van der Waals surface area contributed by atoms with Crippen LogP contribution in [0.1, 0.15) is 41.3 Å². The standard InChI is InChI=1S/C28H30N4O/c1-3-20-14-26(31(2)18-20)22-9-10-24-17-29-27(16-25(24)15-22)30-28(33)23-8-6-7-21(13-23)19-32-11-4-5-12-32/h6-10,13-18H,3-5,11-12,19H2,1-2H3,(H,29,30,33). The van der Waals surface area contributed by atoms with Gasteiger partial charge in [0.2, 0.25) is 0 Å². The van der Waals surface area contributed by atoms with Crippen LogP contribution in [0.3, 0.4) is 0 Å². The van der Waals surface area contributed by atoms with Crippen molar-refractivity contribution in [2.45, 2.75) is 32.7 Å². The Kier molecular flexibility index (Phi) is 5.97. The molecule has 5 nitrogen and oxygen atoms in total. The molecule has 2 aromatic carbocycles. The molecule has 0 saturated carbocycles. The van der Waals surface area contributed by atoms with E-state index in [1.807, 2.05) is 30.5 Å². The lowest BCUT2D eigenvalue weighted by molar-refractivity contribution is 0.102. The number of rotatable bonds is 6. The summed E-state index contributed by atoms with van der Waals surface area (Å²) in [7, 11) is 2.08. The van der Waals surface area contributed by atoms with Crippen LogP contribution in [0, 0.1) is 0 Å². The maximum atomic E-state index is 12.9. The lowest BCUT2D eigenvalue weighted by Crippen LogP contribution is -2.19. The van der Waals surface area contributed by atoms with Gasteiger partial charge in [-0.15, -0.1) is 0 Å². The van der Waals surface area contributed by atoms with E-state index in [0.717, 1.165) is 42.4 Å². The van der Waals surface area contributed by atoms with Gasteiger partial charge in [0.1, 0.15) is 5.82 Å². The van der Waals surface area contributed by atoms with E-state index in [1.165, 1.54) is 29.7 Å². The molecule has 33 heavy (non-hydrogen) atoms. The minimum Gasteiger partial charge on any atom is -0.350 e. The van der Waals surface area contributed by atoms with Crippen molar-refractivity contribution in [2.24, 2.45) is 7.05 Å². The number of benzene rings is 2. The van der Waals surface area contributed by atoms with E-state index in [4.69, 9.17) is 0 Å². The van der Waals surface area contributed by atoms with Crippen molar-refractivity contribution >= 4 is 22.5 Å². The number of amides is 1. The highest BCUT2D eigenvalue weighted by atomic mass is 16.1. The summed E-state index contributed by atoms with van der Waals surface area (Å²) in [6, 6.07) is 18.5. The third-order valence-electron chi connectivity index (χ3n) is 6.52. The van der Waals surface area contributed by atoms with Gasteiger partial charge in [-0.2, -0.15) is 0 Å². The molecule has 0 bridgehead atoms. The highest BCUT2D eigenvalue weighted by Gasteiger charge is 2.14. The number of nitrogens with one attached hydrogen (secondary N) is 1. The number of carbonyl (C=O) groups excluding carboxylic acids is 1. The van der Waals surface area contributed by atoms with Crippen LogP contribution in [0.5, 0.6) is 0 Å². The van der Waals surface area contributed by atoms with Crippen LogP contribution in [0.15, 0.2) is 67.0 Å². The van der Waals surface area contributed by atoms with E-state index in [1.54, 1.807) is 0 Å². The Morgan fingerprint density at radius 2 is 1.85 bits per heavy atom. The predicted octanol–water partition coefficient (Wildman–Crippen LogP) is 5.65. The highest BCUT2D eigenvalue weighted by Crippen LogP contribution is 2.27. The maximum absolute atomic E-state index is 12.9. The van der Waals surface area contributed by atoms with Gasteiger partial charge in [-0.05, 0) is 84.8 Å². The second kappa shape index (κ2) is 9.20. The summed E-state index contributed by atoms with van der Waals surface area (Å²) in [5.41, 5.74) is 5.50. The van der Waals surface area contributed by atoms with E-state index in [0.29, 0.717) is 11.4 Å². The summed E-state index contributed by atoms with van der Waals surface area (Å²) in [5.74, 6) is 0.437. The minimum absolute atomic E-state index is 0.128. The molecule has 4 aromatic rings. The van der Waals surface area contributed by atoms with Crippen LogP contribution in [0.4, 0.5) is 5.82 Å². The summed E-state index contributed by atoms with van der Waals surface area (Å²) < 4.78 is 2.17. The normalized spacial score (nSPS) is 14.1. The number of anilines is 1. The summed E-state index contributed by atoms with van der Waals surface area (Å²) in [4.78, 5) is 19.9. The van der Waals surface area contributed by atoms with E-state index in [-0.39, 0.29) is 5.91 Å². The average Bonchev–Trinajstić information content (AvgIpc) is 3.48. The first kappa shape index (κ1) is 21.4. The number of nitrogens with zero attached hydrogens (tertiary/aromatic N) is 3. The van der Waals surface area contributed by atoms with Crippen molar-refractivity contribution in [3.63, 3.8) is 0 Å². The summed E-state index contributed by atoms with van der Waals surface area (Å²) in [5, 5.41) is 5.09. The third kappa shape index (κ3) is 4.69. The number of hydrogen-bond donors (Lipinski definition) is 1. The molecule has 1 aliphatic heterocycles. The number of likely N-dealkylation sites (tertiary alicyclic amines) is 1. The molecule has 1 fully saturated rings. The molecule has 1 amide bonds. The highest BCUT2D eigenvalue weighted by molar-refractivity contribution is 6.04. The Morgan fingerprint density at radius 1 is 1.00 bits per heavy atom. The number of pyridine rings is 1. The first-order chi connectivity index (χ1) is 16.1. The fraction of sp³-hybridized carbons (Fsp3) is 0.286. The molecule has 168 valence electrons. The van der Waals surface area contributed by atoms with E-state index >= 15 is 0 Å². The van der Waals surface area contributed by atoms with Gasteiger partial charge in [-0.3, -0.25) is 9.69 Å². The largest absolute Gasteiger partial charge is 0.350 e. The predicted molar refractivity (Wildman–Crippen MR) is 134 cm³/mol. The molecule has 0 spiro atoms. The van der Waals surface area contributed by atoms with Crippen LogP contribution < -0.4 is 5.32 Å². The van der Waals surface area contributed by atoms with Gasteiger partial charge >= 0.3 is 0 Å². The smallest absolute Gasteiger partial charge is 0.256 e. The first-order valence-electron chi connectivity index (χ1n) is 11.8. The van der Waals surface area contributed by atoms with E-state index in [9.17, 15) is 4.79 Å². The van der Waals surface area contributed by atoms with Crippen molar-refractivity contribution in [3.05, 3.63) is 83.7 Å². The minimum atomic E-state index is -0.128. The topological polar surface area (TPSA) is 50.2 Å². The molecule has 0 unspecified atom stereocenters. The number of aryl methyl sites for hydroxylation is 2. The first-order valence-corrected chi connectivity index (χ1v) is 11.8. The van der Waals surface area contributed by atoms with Gasteiger partial charge < -0.3 is 9.88 Å². The molecule has 1 aliphatic rings. The van der Waals surface area contributed by atoms with Gasteiger partial charge in [0.25, 0.3) is 5.91 Å². The molecule has 5 rings (SSSR count). The quantitative estimate of drug-likeness (QED) is 0.423. The Labute approximate surface area is 195 Å². The van der Waals surface area contributed by atoms with Gasteiger partial charge in [-0.25, -0.2) is 4.98 Å². The molecule has 0 atom stereocenters. The second-order valence-corrected chi connectivity index (χ2v) is 8.97. The molecule has 1 N–H and O–H groups in total. The number of aromatic nitrogens is 2. The number of hydrogen-bond acceptors (Lipinski definition) is 3. The van der Waals surface area contributed by atoms with Crippen molar-refractivity contribution in [1.29, 1.82) is 0 Å². The van der Waals surface area contributed by atoms with Crippen molar-refractivity contribution < 1.29 is 4.79 Å². The number of carbonyl (C=O) groups is 1. The van der Waals surface area contributed by atoms with Crippen LogP contribution in [-0.2, 0) is 20.0 Å². The van der Waals surface area contributed by atoms with Crippen molar-refractivity contribution in [1.82, 2.24) is 14.5 Å². The molecular weight excluding hydrogens is 408 g/mol. The zero-order chi connectivity index (χ0) is 22.8. The lowest BCUT2D eigenvalue weighted by Gasteiger charge is -2.15. The molecule has 0 aliphatic carbocycles. The Balaban J connectivity index is 1.36. The van der Waals surface area contributed by atoms with E-state index in [2.05, 4.69) is 70.3 Å². The third-order valence-corrected chi connectivity index (χ3v) is 6.52. The molecule has 1 saturated heterocycles. The zero-order valence-corrected chi connectivity index (χ0v) is 19.3. The zero-order valence-electron chi connectivity index (χ0n) is 19.3. The van der Waals surface area contributed by atoms with Gasteiger partial charge in [0.05, 0.1) is 0 Å². The molecule has 5 heteroatoms. The van der Waals surface area contributed by atoms with Crippen LogP contribution in [0.2, 0.25) is 0 Å². The summed E-state index contributed by atoms with van der Waals surface area (Å²) in [6.45, 7) is 5.35. The molecule has 2 aromatic heterocycles. The lowest BCUT2D eigenvalue weighted by atomic mass is 10.1. The van der Waals surface area contributed by atoms with Crippen LogP contribution in [-0.4, -0.2) is 33.4 Å². The summed E-state index contributed by atoms with van der Waals surface area (Å²) in [6.07, 6.45) is 7.54. The Morgan fingerprint density at radius 3 is 2.64 bits per heavy atom. The molecular formula is C28H30N4O. The molecule has 3 heterocycles. The van der Waals surface area contributed by atoms with Gasteiger partial charge in [-0.1, -0.05) is 31.2 Å². The Bertz CT molecular complexity index is 1300. The SMILES string of the molecule is CCc1cc(-c2ccc3cnc(NC(=O)c4cccc(CN5CCCC5)c4)cc3c2)n(C)c1. The van der Waals surface area contributed by atoms with Crippen LogP contribution in [0.25, 0.3) is 22.0 Å².